The van der Waals surface area contributed by atoms with E-state index in [9.17, 15) is 14.4 Å². The van der Waals surface area contributed by atoms with Crippen LogP contribution >= 0.6 is 11.6 Å². The molecule has 0 saturated carbocycles. The molecule has 6 nitrogen and oxygen atoms in total. The second-order valence-electron chi connectivity index (χ2n) is 7.67. The monoisotopic (exact) mass is 425 g/mol. The van der Waals surface area contributed by atoms with Crippen molar-refractivity contribution < 1.29 is 4.39 Å². The number of piperidine rings is 1. The molecule has 1 aliphatic heterocycles. The van der Waals surface area contributed by atoms with E-state index in [4.69, 9.17) is 11.6 Å². The van der Waals surface area contributed by atoms with Crippen LogP contribution in [0.4, 0.5) is 15.8 Å². The summed E-state index contributed by atoms with van der Waals surface area (Å²) in [6.07, 6.45) is 0.792. The Morgan fingerprint density at radius 3 is 2.67 bits per heavy atom. The number of halogens is 2. The predicted molar refractivity (Wildman–Crippen MR) is 117 cm³/mol. The van der Waals surface area contributed by atoms with Gasteiger partial charge in [0.15, 0.2) is 0 Å². The van der Waals surface area contributed by atoms with Gasteiger partial charge in [0.2, 0.25) is 0 Å². The average molecular weight is 426 g/mol. The van der Waals surface area contributed by atoms with Crippen molar-refractivity contribution in [2.24, 2.45) is 13.0 Å². The van der Waals surface area contributed by atoms with Gasteiger partial charge in [-0.25, -0.2) is 9.37 Å². The second kappa shape index (κ2) is 7.96. The molecule has 1 N–H and O–H groups in total. The normalized spacial score (nSPS) is 19.0. The molecule has 1 aromatic carbocycles. The lowest BCUT2D eigenvalue weighted by Gasteiger charge is -2.39. The number of aromatic nitrogens is 2. The molecule has 0 amide bonds. The van der Waals surface area contributed by atoms with Crippen molar-refractivity contribution in [1.82, 2.24) is 9.55 Å². The topological polar surface area (TPSA) is 74.0 Å². The van der Waals surface area contributed by atoms with Gasteiger partial charge >= 0.3 is 0 Å². The number of nitrogens with one attached hydrogen (secondary N) is 1. The number of fused-ring (bicyclic) bond motifs is 1. The van der Waals surface area contributed by atoms with Crippen molar-refractivity contribution in [1.29, 1.82) is 5.26 Å². The highest BCUT2D eigenvalue weighted by atomic mass is 35.5. The van der Waals surface area contributed by atoms with E-state index < -0.39 is 0 Å². The van der Waals surface area contributed by atoms with Crippen LogP contribution in [0.1, 0.15) is 18.9 Å². The smallest absolute Gasteiger partial charge is 0.270 e. The zero-order valence-electron chi connectivity index (χ0n) is 16.7. The Hall–Kier alpha value is -3.11. The molecule has 0 radical (unpaired) electrons. The highest BCUT2D eigenvalue weighted by Gasteiger charge is 2.30. The Bertz CT molecular complexity index is 1200. The quantitative estimate of drug-likeness (QED) is 0.644. The minimum absolute atomic E-state index is 0.0805. The first-order chi connectivity index (χ1) is 14.4. The lowest BCUT2D eigenvalue weighted by atomic mass is 9.92. The Morgan fingerprint density at radius 2 is 2.00 bits per heavy atom. The molecule has 3 heterocycles. The molecular weight excluding hydrogens is 405 g/mol. The van der Waals surface area contributed by atoms with Gasteiger partial charge in [0.1, 0.15) is 28.1 Å². The molecule has 0 spiro atoms. The van der Waals surface area contributed by atoms with Crippen LogP contribution < -0.4 is 15.8 Å². The molecule has 3 aromatic rings. The minimum Gasteiger partial charge on any atom is -0.382 e. The van der Waals surface area contributed by atoms with E-state index in [-0.39, 0.29) is 28.9 Å². The number of nitrogens with zero attached hydrogens (tertiary/aromatic N) is 4. The molecule has 2 aromatic heterocycles. The van der Waals surface area contributed by atoms with E-state index in [0.717, 1.165) is 12.1 Å². The Morgan fingerprint density at radius 1 is 1.27 bits per heavy atom. The highest BCUT2D eigenvalue weighted by molar-refractivity contribution is 6.29. The molecule has 0 aliphatic carbocycles. The first kappa shape index (κ1) is 20.2. The molecule has 1 fully saturated rings. The fraction of sp³-hybridized carbons (Fsp3) is 0.318. The van der Waals surface area contributed by atoms with E-state index >= 15 is 0 Å². The van der Waals surface area contributed by atoms with E-state index in [2.05, 4.69) is 28.2 Å². The van der Waals surface area contributed by atoms with Gasteiger partial charge in [-0.1, -0.05) is 18.5 Å². The van der Waals surface area contributed by atoms with Crippen LogP contribution in [0.2, 0.25) is 5.15 Å². The lowest BCUT2D eigenvalue weighted by Crippen LogP contribution is -2.46. The maximum absolute atomic E-state index is 13.2. The van der Waals surface area contributed by atoms with Crippen LogP contribution in [0.5, 0.6) is 0 Å². The molecule has 30 heavy (non-hydrogen) atoms. The summed E-state index contributed by atoms with van der Waals surface area (Å²) in [5, 5.41) is 13.5. The fourth-order valence-electron chi connectivity index (χ4n) is 4.10. The number of benzene rings is 1. The summed E-state index contributed by atoms with van der Waals surface area (Å²) in [6, 6.07) is 12.0. The third kappa shape index (κ3) is 3.59. The van der Waals surface area contributed by atoms with Crippen LogP contribution in [0.25, 0.3) is 11.0 Å². The standard InChI is InChI=1S/C22H21ClFN5O/c1-13-12-29(10-9-17(13)26-15-5-3-14(24)4-6-15)21-16(11-25)22(30)28(2)18-7-8-19(23)27-20(18)21/h3-8,13,17,26H,9-10,12H2,1-2H3/t13-,17+/m1/s1. The second-order valence-corrected chi connectivity index (χ2v) is 8.06. The molecule has 0 bridgehead atoms. The van der Waals surface area contributed by atoms with Gasteiger partial charge in [-0.3, -0.25) is 4.79 Å². The first-order valence-corrected chi connectivity index (χ1v) is 10.1. The zero-order valence-corrected chi connectivity index (χ0v) is 17.4. The maximum atomic E-state index is 13.2. The molecule has 1 saturated heterocycles. The van der Waals surface area contributed by atoms with Crippen LogP contribution in [0.15, 0.2) is 41.2 Å². The molecular formula is C22H21ClFN5O. The number of pyridine rings is 2. The fourth-order valence-corrected chi connectivity index (χ4v) is 4.25. The van der Waals surface area contributed by atoms with Crippen molar-refractivity contribution in [3.05, 3.63) is 63.3 Å². The van der Waals surface area contributed by atoms with Crippen molar-refractivity contribution in [3.8, 4) is 6.07 Å². The number of hydrogen-bond donors (Lipinski definition) is 1. The van der Waals surface area contributed by atoms with Crippen molar-refractivity contribution in [2.75, 3.05) is 23.3 Å². The zero-order chi connectivity index (χ0) is 21.4. The summed E-state index contributed by atoms with van der Waals surface area (Å²) in [6.45, 7) is 3.40. The summed E-state index contributed by atoms with van der Waals surface area (Å²) in [7, 11) is 1.63. The largest absolute Gasteiger partial charge is 0.382 e. The van der Waals surface area contributed by atoms with Crippen LogP contribution in [-0.2, 0) is 7.05 Å². The van der Waals surface area contributed by atoms with E-state index in [1.54, 1.807) is 31.3 Å². The number of aryl methyl sites for hydroxylation is 1. The maximum Gasteiger partial charge on any atom is 0.270 e. The molecule has 4 rings (SSSR count). The molecule has 1 aliphatic rings. The molecule has 0 unspecified atom stereocenters. The molecule has 2 atom stereocenters. The Balaban J connectivity index is 1.68. The summed E-state index contributed by atoms with van der Waals surface area (Å²) >= 11 is 6.13. The highest BCUT2D eigenvalue weighted by Crippen LogP contribution is 2.32. The van der Waals surface area contributed by atoms with Crippen LogP contribution in [0.3, 0.4) is 0 Å². The van der Waals surface area contributed by atoms with Gasteiger partial charge in [0, 0.05) is 31.9 Å². The van der Waals surface area contributed by atoms with Gasteiger partial charge < -0.3 is 14.8 Å². The average Bonchev–Trinajstić information content (AvgIpc) is 2.73. The third-order valence-electron chi connectivity index (χ3n) is 5.71. The van der Waals surface area contributed by atoms with E-state index in [1.165, 1.54) is 16.7 Å². The number of hydrogen-bond acceptors (Lipinski definition) is 5. The predicted octanol–water partition coefficient (Wildman–Crippen LogP) is 3.92. The van der Waals surface area contributed by atoms with E-state index in [1.807, 2.05) is 0 Å². The minimum atomic E-state index is -0.344. The number of nitriles is 1. The van der Waals surface area contributed by atoms with E-state index in [0.29, 0.717) is 35.0 Å². The first-order valence-electron chi connectivity index (χ1n) is 9.75. The van der Waals surface area contributed by atoms with Crippen molar-refractivity contribution in [3.63, 3.8) is 0 Å². The molecule has 8 heteroatoms. The molecule has 154 valence electrons. The van der Waals surface area contributed by atoms with Gasteiger partial charge in [0.25, 0.3) is 5.56 Å². The van der Waals surface area contributed by atoms with Gasteiger partial charge in [-0.15, -0.1) is 0 Å². The number of anilines is 2. The van der Waals surface area contributed by atoms with Gasteiger partial charge in [-0.05, 0) is 48.7 Å². The number of rotatable bonds is 3. The van der Waals surface area contributed by atoms with Crippen LogP contribution in [-0.4, -0.2) is 28.7 Å². The van der Waals surface area contributed by atoms with Crippen LogP contribution in [0, 0.1) is 23.1 Å². The Labute approximate surface area is 178 Å². The third-order valence-corrected chi connectivity index (χ3v) is 5.92. The summed E-state index contributed by atoms with van der Waals surface area (Å²) in [4.78, 5) is 19.3. The lowest BCUT2D eigenvalue weighted by molar-refractivity contribution is 0.404. The van der Waals surface area contributed by atoms with Crippen molar-refractivity contribution in [2.45, 2.75) is 19.4 Å². The van der Waals surface area contributed by atoms with Crippen molar-refractivity contribution >= 4 is 34.0 Å². The van der Waals surface area contributed by atoms with Gasteiger partial charge in [-0.2, -0.15) is 5.26 Å². The Kier molecular flexibility index (Phi) is 5.35. The summed E-state index contributed by atoms with van der Waals surface area (Å²) < 4.78 is 14.6. The SMILES string of the molecule is C[C@@H]1CN(c2c(C#N)c(=O)n(C)c3ccc(Cl)nc23)CC[C@@H]1Nc1ccc(F)cc1. The summed E-state index contributed by atoms with van der Waals surface area (Å²) in [5.41, 5.74) is 2.34. The summed E-state index contributed by atoms with van der Waals surface area (Å²) in [5.74, 6) is -0.0511. The van der Waals surface area contributed by atoms with Gasteiger partial charge in [0.05, 0.1) is 11.2 Å².